The van der Waals surface area contributed by atoms with E-state index < -0.39 is 11.7 Å². The number of hydrogen-bond donors (Lipinski definition) is 1. The van der Waals surface area contributed by atoms with Crippen LogP contribution in [0.25, 0.3) is 6.08 Å². The number of carbonyl (C=O) groups is 1. The number of ether oxygens (including phenoxy) is 2. The van der Waals surface area contributed by atoms with Crippen LogP contribution in [0.1, 0.15) is 19.4 Å². The molecule has 0 aliphatic rings. The summed E-state index contributed by atoms with van der Waals surface area (Å²) in [5.41, 5.74) is 0.895. The maximum Gasteiger partial charge on any atom is 0.288 e. The molecule has 1 N–H and O–H groups in total. The summed E-state index contributed by atoms with van der Waals surface area (Å²) in [6.45, 7) is 4.63. The normalized spacial score (nSPS) is 11.1. The number of nitrogens with one attached hydrogen (secondary N) is 1. The SMILES string of the molecule is CCOc1ccc(C=C(C#N)C(=O)Nc2ccc(SC(F)F)cc2)cc1OCC. The Morgan fingerprint density at radius 2 is 1.79 bits per heavy atom. The van der Waals surface area contributed by atoms with E-state index in [9.17, 15) is 18.8 Å². The van der Waals surface area contributed by atoms with E-state index in [0.29, 0.717) is 52.6 Å². The molecule has 2 aromatic carbocycles. The van der Waals surface area contributed by atoms with E-state index >= 15 is 0 Å². The summed E-state index contributed by atoms with van der Waals surface area (Å²) in [5, 5.41) is 12.0. The highest BCUT2D eigenvalue weighted by Gasteiger charge is 2.12. The molecular weight excluding hydrogens is 398 g/mol. The second-order valence-electron chi connectivity index (χ2n) is 5.60. The molecule has 0 saturated carbocycles. The summed E-state index contributed by atoms with van der Waals surface area (Å²) in [4.78, 5) is 12.8. The van der Waals surface area contributed by atoms with E-state index in [-0.39, 0.29) is 5.57 Å². The van der Waals surface area contributed by atoms with Crippen LogP contribution < -0.4 is 14.8 Å². The van der Waals surface area contributed by atoms with Crippen LogP contribution in [0.4, 0.5) is 14.5 Å². The van der Waals surface area contributed by atoms with Gasteiger partial charge >= 0.3 is 0 Å². The first kappa shape index (κ1) is 22.2. The number of alkyl halides is 2. The monoisotopic (exact) mass is 418 g/mol. The van der Waals surface area contributed by atoms with Crippen LogP contribution >= 0.6 is 11.8 Å². The smallest absolute Gasteiger partial charge is 0.288 e. The molecule has 0 aliphatic carbocycles. The number of rotatable bonds is 9. The van der Waals surface area contributed by atoms with E-state index in [1.807, 2.05) is 19.9 Å². The minimum absolute atomic E-state index is 0.109. The van der Waals surface area contributed by atoms with Gasteiger partial charge in [-0.25, -0.2) is 0 Å². The molecule has 152 valence electrons. The Bertz CT molecular complexity index is 909. The zero-order chi connectivity index (χ0) is 21.2. The van der Waals surface area contributed by atoms with E-state index in [2.05, 4.69) is 5.32 Å². The summed E-state index contributed by atoms with van der Waals surface area (Å²) in [7, 11) is 0. The molecule has 0 aliphatic heterocycles. The largest absolute Gasteiger partial charge is 0.490 e. The topological polar surface area (TPSA) is 71.3 Å². The predicted molar refractivity (Wildman–Crippen MR) is 109 cm³/mol. The summed E-state index contributed by atoms with van der Waals surface area (Å²) in [6.07, 6.45) is 1.44. The first-order valence-corrected chi connectivity index (χ1v) is 9.72. The molecule has 0 aromatic heterocycles. The number of carbonyl (C=O) groups excluding carboxylic acids is 1. The van der Waals surface area contributed by atoms with Crippen molar-refractivity contribution in [1.29, 1.82) is 5.26 Å². The number of amides is 1. The summed E-state index contributed by atoms with van der Waals surface area (Å²) in [5.74, 6) is -2.02. The van der Waals surface area contributed by atoms with Crippen molar-refractivity contribution in [2.75, 3.05) is 18.5 Å². The van der Waals surface area contributed by atoms with Gasteiger partial charge in [0.15, 0.2) is 11.5 Å². The maximum absolute atomic E-state index is 12.4. The van der Waals surface area contributed by atoms with Crippen LogP contribution in [0.2, 0.25) is 0 Å². The van der Waals surface area contributed by atoms with Crippen molar-refractivity contribution in [2.24, 2.45) is 0 Å². The molecule has 0 saturated heterocycles. The van der Waals surface area contributed by atoms with E-state index in [1.54, 1.807) is 18.2 Å². The zero-order valence-electron chi connectivity index (χ0n) is 15.9. The van der Waals surface area contributed by atoms with Crippen LogP contribution in [0, 0.1) is 11.3 Å². The summed E-state index contributed by atoms with van der Waals surface area (Å²) < 4.78 is 35.8. The second-order valence-corrected chi connectivity index (χ2v) is 6.66. The number of benzene rings is 2. The molecule has 5 nitrogen and oxygen atoms in total. The summed E-state index contributed by atoms with van der Waals surface area (Å²) in [6, 6.07) is 12.9. The Labute approximate surface area is 172 Å². The first-order chi connectivity index (χ1) is 14.0. The average Bonchev–Trinajstić information content (AvgIpc) is 2.69. The number of halogens is 2. The molecule has 0 fully saturated rings. The molecule has 0 unspecified atom stereocenters. The van der Waals surface area contributed by atoms with E-state index in [1.165, 1.54) is 30.3 Å². The molecule has 2 rings (SSSR count). The van der Waals surface area contributed by atoms with Crippen molar-refractivity contribution in [3.05, 3.63) is 53.6 Å². The van der Waals surface area contributed by atoms with Gasteiger partial charge in [0.2, 0.25) is 0 Å². The number of anilines is 1. The second kappa shape index (κ2) is 11.1. The number of nitrogens with zero attached hydrogens (tertiary/aromatic N) is 1. The van der Waals surface area contributed by atoms with Gasteiger partial charge in [-0.2, -0.15) is 14.0 Å². The van der Waals surface area contributed by atoms with Gasteiger partial charge < -0.3 is 14.8 Å². The molecular formula is C21H20F2N2O3S. The standard InChI is InChI=1S/C21H20F2N2O3S/c1-3-27-18-10-5-14(12-19(18)28-4-2)11-15(13-24)20(26)25-16-6-8-17(9-7-16)29-21(22)23/h5-12,21H,3-4H2,1-2H3,(H,25,26). The first-order valence-electron chi connectivity index (χ1n) is 8.84. The molecule has 0 spiro atoms. The van der Waals surface area contributed by atoms with Crippen LogP contribution in [0.3, 0.4) is 0 Å². The lowest BCUT2D eigenvalue weighted by Gasteiger charge is -2.11. The van der Waals surface area contributed by atoms with Gasteiger partial charge in [-0.1, -0.05) is 17.8 Å². The van der Waals surface area contributed by atoms with Gasteiger partial charge in [-0.3, -0.25) is 4.79 Å². The van der Waals surface area contributed by atoms with Crippen LogP contribution in [-0.4, -0.2) is 24.9 Å². The fourth-order valence-electron chi connectivity index (χ4n) is 2.39. The predicted octanol–water partition coefficient (Wildman–Crippen LogP) is 5.34. The van der Waals surface area contributed by atoms with Crippen LogP contribution in [-0.2, 0) is 4.79 Å². The number of hydrogen-bond acceptors (Lipinski definition) is 5. The third kappa shape index (κ3) is 6.80. The zero-order valence-corrected chi connectivity index (χ0v) is 16.8. The lowest BCUT2D eigenvalue weighted by Crippen LogP contribution is -2.13. The third-order valence-electron chi connectivity index (χ3n) is 3.58. The highest BCUT2D eigenvalue weighted by Crippen LogP contribution is 2.30. The van der Waals surface area contributed by atoms with Gasteiger partial charge in [0, 0.05) is 10.6 Å². The van der Waals surface area contributed by atoms with Gasteiger partial charge in [0.05, 0.1) is 13.2 Å². The minimum atomic E-state index is -2.51. The molecule has 0 radical (unpaired) electrons. The quantitative estimate of drug-likeness (QED) is 0.338. The lowest BCUT2D eigenvalue weighted by molar-refractivity contribution is -0.112. The van der Waals surface area contributed by atoms with Crippen molar-refractivity contribution in [3.63, 3.8) is 0 Å². The Kier molecular flexibility index (Phi) is 8.49. The van der Waals surface area contributed by atoms with E-state index in [4.69, 9.17) is 9.47 Å². The Morgan fingerprint density at radius 1 is 1.14 bits per heavy atom. The third-order valence-corrected chi connectivity index (χ3v) is 4.30. The van der Waals surface area contributed by atoms with Crippen molar-refractivity contribution in [3.8, 4) is 17.6 Å². The van der Waals surface area contributed by atoms with Crippen molar-refractivity contribution in [1.82, 2.24) is 0 Å². The van der Waals surface area contributed by atoms with E-state index in [0.717, 1.165) is 0 Å². The fourth-order valence-corrected chi connectivity index (χ4v) is 2.89. The van der Waals surface area contributed by atoms with Crippen molar-refractivity contribution in [2.45, 2.75) is 24.5 Å². The van der Waals surface area contributed by atoms with Gasteiger partial charge in [-0.15, -0.1) is 0 Å². The molecule has 0 heterocycles. The molecule has 2 aromatic rings. The molecule has 29 heavy (non-hydrogen) atoms. The molecule has 8 heteroatoms. The number of thioether (sulfide) groups is 1. The Balaban J connectivity index is 2.17. The number of nitriles is 1. The van der Waals surface area contributed by atoms with Gasteiger partial charge in [0.1, 0.15) is 11.6 Å². The van der Waals surface area contributed by atoms with Gasteiger partial charge in [0.25, 0.3) is 11.7 Å². The highest BCUT2D eigenvalue weighted by atomic mass is 32.2. The highest BCUT2D eigenvalue weighted by molar-refractivity contribution is 7.99. The van der Waals surface area contributed by atoms with Gasteiger partial charge in [-0.05, 0) is 61.9 Å². The van der Waals surface area contributed by atoms with Crippen LogP contribution in [0.15, 0.2) is 52.9 Å². The Morgan fingerprint density at radius 3 is 2.38 bits per heavy atom. The summed E-state index contributed by atoms with van der Waals surface area (Å²) >= 11 is 0.417. The average molecular weight is 418 g/mol. The lowest BCUT2D eigenvalue weighted by atomic mass is 10.1. The fraction of sp³-hybridized carbons (Fsp3) is 0.238. The van der Waals surface area contributed by atoms with Crippen LogP contribution in [0.5, 0.6) is 11.5 Å². The molecule has 0 bridgehead atoms. The minimum Gasteiger partial charge on any atom is -0.490 e. The van der Waals surface area contributed by atoms with Crippen molar-refractivity contribution < 1.29 is 23.0 Å². The molecule has 0 atom stereocenters. The van der Waals surface area contributed by atoms with Crippen molar-refractivity contribution >= 4 is 29.4 Å². The Hall–Kier alpha value is -3.05. The molecule has 1 amide bonds. The maximum atomic E-state index is 12.4.